The van der Waals surface area contributed by atoms with Crippen molar-refractivity contribution in [2.75, 3.05) is 13.7 Å². The highest BCUT2D eigenvalue weighted by Gasteiger charge is 2.47. The number of nitrogens with one attached hydrogen (secondary N) is 1. The Morgan fingerprint density at radius 1 is 1.05 bits per heavy atom. The largest absolute Gasteiger partial charge is 0.494 e. The van der Waals surface area contributed by atoms with E-state index in [0.717, 1.165) is 12.1 Å². The van der Waals surface area contributed by atoms with Crippen LogP contribution in [0.5, 0.6) is 5.75 Å². The number of methoxy groups -OCH3 is 1. The molecule has 0 saturated heterocycles. The van der Waals surface area contributed by atoms with Crippen molar-refractivity contribution in [1.29, 1.82) is 0 Å². The van der Waals surface area contributed by atoms with Crippen molar-refractivity contribution in [3.8, 4) is 17.0 Å². The summed E-state index contributed by atoms with van der Waals surface area (Å²) in [4.78, 5) is 17.6. The van der Waals surface area contributed by atoms with Crippen LogP contribution in [0, 0.1) is 30.3 Å². The van der Waals surface area contributed by atoms with Crippen molar-refractivity contribution in [1.82, 2.24) is 20.5 Å². The molecule has 2 heterocycles. The number of hydrogen-bond donors (Lipinski definition) is 3. The number of amides is 1. The quantitative estimate of drug-likeness (QED) is 0.284. The lowest BCUT2D eigenvalue weighted by Gasteiger charge is -2.31. The molecular formula is C30H29F3N4O4. The Bertz CT molecular complexity index is 1670. The van der Waals surface area contributed by atoms with Crippen LogP contribution in [0.25, 0.3) is 22.2 Å². The molecule has 1 saturated carbocycles. The highest BCUT2D eigenvalue weighted by molar-refractivity contribution is 5.99. The summed E-state index contributed by atoms with van der Waals surface area (Å²) < 4.78 is 48.7. The van der Waals surface area contributed by atoms with Crippen LogP contribution in [0.2, 0.25) is 0 Å². The molecule has 1 unspecified atom stereocenters. The molecule has 41 heavy (non-hydrogen) atoms. The fraction of sp³-hybridized carbons (Fsp3) is 0.333. The van der Waals surface area contributed by atoms with Crippen LogP contribution in [-0.2, 0) is 11.2 Å². The number of benzene rings is 2. The van der Waals surface area contributed by atoms with Crippen LogP contribution >= 0.6 is 0 Å². The summed E-state index contributed by atoms with van der Waals surface area (Å²) >= 11 is 0. The van der Waals surface area contributed by atoms with E-state index in [1.54, 1.807) is 19.1 Å². The van der Waals surface area contributed by atoms with Crippen molar-refractivity contribution >= 4 is 16.8 Å². The van der Waals surface area contributed by atoms with Crippen molar-refractivity contribution in [2.24, 2.45) is 5.92 Å². The van der Waals surface area contributed by atoms with E-state index in [0.29, 0.717) is 35.2 Å². The standard InChI is InChI=1S/C30H29F3N4O4/c1-15-9-17-10-18(12-23(41-4)26(17)37-36-15)28(38)34-14-30(40,19-6-7-19)24-13-20(29(2,3)39)25(33)27(35-24)16-5-8-21(31)22(32)11-16/h5,8-13,19,39-40H,6-7,14H2,1-4H3,(H,34,38). The molecule has 1 amide bonds. The summed E-state index contributed by atoms with van der Waals surface area (Å²) in [6, 6.07) is 8.98. The Morgan fingerprint density at radius 3 is 2.41 bits per heavy atom. The summed E-state index contributed by atoms with van der Waals surface area (Å²) in [7, 11) is 1.45. The molecule has 3 N–H and O–H groups in total. The van der Waals surface area contributed by atoms with Crippen LogP contribution in [0.15, 0.2) is 42.5 Å². The Hall–Kier alpha value is -4.09. The number of aromatic nitrogens is 3. The third kappa shape index (κ3) is 5.47. The molecule has 5 rings (SSSR count). The van der Waals surface area contributed by atoms with Crippen LogP contribution in [0.1, 0.15) is 54.0 Å². The molecule has 0 bridgehead atoms. The second-order valence-electron chi connectivity index (χ2n) is 10.9. The smallest absolute Gasteiger partial charge is 0.251 e. The monoisotopic (exact) mass is 566 g/mol. The number of carbonyl (C=O) groups is 1. The first kappa shape index (κ1) is 28.4. The van der Waals surface area contributed by atoms with Gasteiger partial charge in [0.1, 0.15) is 22.6 Å². The van der Waals surface area contributed by atoms with Gasteiger partial charge in [0.2, 0.25) is 0 Å². The lowest BCUT2D eigenvalue weighted by Crippen LogP contribution is -2.43. The van der Waals surface area contributed by atoms with Crippen molar-refractivity contribution in [2.45, 2.75) is 44.8 Å². The zero-order chi connectivity index (χ0) is 29.7. The maximum atomic E-state index is 15.6. The number of nitrogens with zero attached hydrogens (tertiary/aromatic N) is 3. The molecule has 0 aliphatic heterocycles. The van der Waals surface area contributed by atoms with Gasteiger partial charge in [-0.2, -0.15) is 5.10 Å². The number of carbonyl (C=O) groups excluding carboxylic acids is 1. The number of hydrogen-bond acceptors (Lipinski definition) is 7. The van der Waals surface area contributed by atoms with Gasteiger partial charge in [0.25, 0.3) is 5.91 Å². The van der Waals surface area contributed by atoms with E-state index in [1.165, 1.54) is 39.2 Å². The van der Waals surface area contributed by atoms with E-state index in [4.69, 9.17) is 4.74 Å². The molecule has 1 aliphatic carbocycles. The van der Waals surface area contributed by atoms with Crippen LogP contribution in [0.4, 0.5) is 13.2 Å². The summed E-state index contributed by atoms with van der Waals surface area (Å²) in [6.07, 6.45) is 1.23. The summed E-state index contributed by atoms with van der Waals surface area (Å²) in [5.74, 6) is -3.73. The first-order valence-corrected chi connectivity index (χ1v) is 13.0. The van der Waals surface area contributed by atoms with Gasteiger partial charge < -0.3 is 20.3 Å². The molecule has 0 spiro atoms. The Balaban J connectivity index is 1.54. The average molecular weight is 567 g/mol. The lowest BCUT2D eigenvalue weighted by molar-refractivity contribution is 0.00864. The lowest BCUT2D eigenvalue weighted by atomic mass is 9.87. The third-order valence-corrected chi connectivity index (χ3v) is 7.28. The molecule has 1 atom stereocenters. The predicted octanol–water partition coefficient (Wildman–Crippen LogP) is 4.68. The van der Waals surface area contributed by atoms with Gasteiger partial charge in [-0.15, -0.1) is 5.10 Å². The molecule has 2 aromatic carbocycles. The maximum Gasteiger partial charge on any atom is 0.251 e. The number of aryl methyl sites for hydroxylation is 1. The van der Waals surface area contributed by atoms with Crippen LogP contribution < -0.4 is 10.1 Å². The van der Waals surface area contributed by atoms with Crippen molar-refractivity contribution in [3.63, 3.8) is 0 Å². The molecule has 11 heteroatoms. The number of aliphatic hydroxyl groups is 2. The predicted molar refractivity (Wildman–Crippen MR) is 145 cm³/mol. The summed E-state index contributed by atoms with van der Waals surface area (Å²) in [5, 5.41) is 34.2. The SMILES string of the molecule is COc1cc(C(=O)NCC(O)(c2cc(C(C)(C)O)c(F)c(-c3ccc(F)c(F)c3)n2)C2CC2)cc2cc(C)nnc12. The first-order chi connectivity index (χ1) is 19.3. The number of fused-ring (bicyclic) bond motifs is 1. The molecule has 4 aromatic rings. The number of rotatable bonds is 8. The number of halogens is 3. The van der Waals surface area contributed by atoms with Gasteiger partial charge in [-0.05, 0) is 82.0 Å². The maximum absolute atomic E-state index is 15.6. The van der Waals surface area contributed by atoms with Crippen molar-refractivity contribution in [3.05, 3.63) is 82.4 Å². The van der Waals surface area contributed by atoms with Gasteiger partial charge >= 0.3 is 0 Å². The average Bonchev–Trinajstić information content (AvgIpc) is 3.78. The summed E-state index contributed by atoms with van der Waals surface area (Å²) in [6.45, 7) is 4.21. The first-order valence-electron chi connectivity index (χ1n) is 13.0. The minimum Gasteiger partial charge on any atom is -0.494 e. The Labute approximate surface area is 234 Å². The Morgan fingerprint density at radius 2 is 1.78 bits per heavy atom. The van der Waals surface area contributed by atoms with E-state index in [-0.39, 0.29) is 40.5 Å². The molecule has 2 aromatic heterocycles. The van der Waals surface area contributed by atoms with E-state index < -0.39 is 34.6 Å². The van der Waals surface area contributed by atoms with Crippen LogP contribution in [0.3, 0.4) is 0 Å². The van der Waals surface area contributed by atoms with Crippen molar-refractivity contribution < 1.29 is 32.9 Å². The van der Waals surface area contributed by atoms with Gasteiger partial charge in [0, 0.05) is 22.1 Å². The number of pyridine rings is 1. The molecular weight excluding hydrogens is 537 g/mol. The van der Waals surface area contributed by atoms with E-state index >= 15 is 4.39 Å². The molecule has 1 aliphatic rings. The molecule has 0 radical (unpaired) electrons. The van der Waals surface area contributed by atoms with Gasteiger partial charge in [-0.3, -0.25) is 4.79 Å². The zero-order valence-electron chi connectivity index (χ0n) is 22.9. The zero-order valence-corrected chi connectivity index (χ0v) is 22.9. The molecule has 214 valence electrons. The highest BCUT2D eigenvalue weighted by atomic mass is 19.2. The topological polar surface area (TPSA) is 117 Å². The molecule has 8 nitrogen and oxygen atoms in total. The van der Waals surface area contributed by atoms with Gasteiger partial charge in [-0.25, -0.2) is 18.2 Å². The van der Waals surface area contributed by atoms with Gasteiger partial charge in [0.15, 0.2) is 17.5 Å². The second kappa shape index (κ2) is 10.4. The molecule has 1 fully saturated rings. The number of ether oxygens (including phenoxy) is 1. The summed E-state index contributed by atoms with van der Waals surface area (Å²) in [5.41, 5.74) is -2.69. The van der Waals surface area contributed by atoms with Gasteiger partial charge in [-0.1, -0.05) is 0 Å². The fourth-order valence-corrected chi connectivity index (χ4v) is 4.87. The third-order valence-electron chi connectivity index (χ3n) is 7.28. The Kier molecular flexibility index (Phi) is 7.20. The van der Waals surface area contributed by atoms with Crippen LogP contribution in [-0.4, -0.2) is 45.0 Å². The minimum atomic E-state index is -1.75. The van der Waals surface area contributed by atoms with E-state index in [9.17, 15) is 23.8 Å². The fourth-order valence-electron chi connectivity index (χ4n) is 4.87. The normalized spacial score (nSPS) is 15.0. The highest BCUT2D eigenvalue weighted by Crippen LogP contribution is 2.46. The minimum absolute atomic E-state index is 0.0134. The second-order valence-corrected chi connectivity index (χ2v) is 10.9. The van der Waals surface area contributed by atoms with Gasteiger partial charge in [0.05, 0.1) is 30.6 Å². The van der Waals surface area contributed by atoms with E-state index in [1.807, 2.05) is 0 Å². The van der Waals surface area contributed by atoms with E-state index in [2.05, 4.69) is 20.5 Å².